The second-order valence-electron chi connectivity index (χ2n) is 7.92. The normalized spacial score (nSPS) is 11.9. The molecular weight excluding hydrogens is 472 g/mol. The van der Waals surface area contributed by atoms with E-state index in [0.717, 1.165) is 34.3 Å². The summed E-state index contributed by atoms with van der Waals surface area (Å²) in [6.45, 7) is 3.82. The number of fused-ring (bicyclic) bond motifs is 2. The van der Waals surface area contributed by atoms with Gasteiger partial charge in [0.25, 0.3) is 11.5 Å². The Morgan fingerprint density at radius 3 is 2.51 bits per heavy atom. The molecule has 0 fully saturated rings. The van der Waals surface area contributed by atoms with E-state index in [-0.39, 0.29) is 10.8 Å². The molecule has 4 aromatic rings. The lowest BCUT2D eigenvalue weighted by Crippen LogP contribution is -2.37. The molecule has 11 heteroatoms. The molecule has 2 heterocycles. The highest BCUT2D eigenvalue weighted by atomic mass is 32.1. The maximum Gasteiger partial charge on any atom is 0.317 e. The van der Waals surface area contributed by atoms with E-state index in [1.165, 1.54) is 7.11 Å². The number of nitrogens with one attached hydrogen (secondary N) is 2. The van der Waals surface area contributed by atoms with Gasteiger partial charge in [0, 0.05) is 6.42 Å². The molecular formula is C24H22N4O6S. The Hall–Kier alpha value is -4.12. The van der Waals surface area contributed by atoms with E-state index < -0.39 is 35.6 Å². The van der Waals surface area contributed by atoms with Crippen molar-refractivity contribution in [3.8, 4) is 5.75 Å². The van der Waals surface area contributed by atoms with Gasteiger partial charge in [0.05, 0.1) is 35.5 Å². The monoisotopic (exact) mass is 494 g/mol. The zero-order valence-electron chi connectivity index (χ0n) is 19.4. The van der Waals surface area contributed by atoms with Crippen molar-refractivity contribution in [1.82, 2.24) is 15.0 Å². The van der Waals surface area contributed by atoms with E-state index in [4.69, 9.17) is 9.47 Å². The largest absolute Gasteiger partial charge is 0.497 e. The van der Waals surface area contributed by atoms with Gasteiger partial charge in [0.15, 0.2) is 5.13 Å². The number of rotatable bonds is 7. The molecule has 1 amide bonds. The van der Waals surface area contributed by atoms with Crippen molar-refractivity contribution in [2.75, 3.05) is 19.5 Å². The topological polar surface area (TPSA) is 140 Å². The van der Waals surface area contributed by atoms with E-state index in [1.54, 1.807) is 30.3 Å². The number of ether oxygens (including phenoxy) is 2. The molecule has 0 bridgehead atoms. The lowest BCUT2D eigenvalue weighted by Gasteiger charge is -2.13. The van der Waals surface area contributed by atoms with Crippen molar-refractivity contribution in [2.24, 2.45) is 5.92 Å². The molecule has 0 aliphatic rings. The molecule has 0 aliphatic heterocycles. The van der Waals surface area contributed by atoms with Gasteiger partial charge in [-0.15, -0.1) is 0 Å². The van der Waals surface area contributed by atoms with Crippen molar-refractivity contribution in [2.45, 2.75) is 20.3 Å². The Labute approximate surface area is 203 Å². The first-order valence-corrected chi connectivity index (χ1v) is 11.4. The summed E-state index contributed by atoms with van der Waals surface area (Å²) in [4.78, 5) is 62.0. The van der Waals surface area contributed by atoms with E-state index in [9.17, 15) is 19.2 Å². The number of esters is 1. The van der Waals surface area contributed by atoms with Gasteiger partial charge in [-0.2, -0.15) is 0 Å². The number of amides is 1. The number of carbonyl (C=O) groups is 3. The summed E-state index contributed by atoms with van der Waals surface area (Å²) < 4.78 is 10.7. The Kier molecular flexibility index (Phi) is 6.61. The van der Waals surface area contributed by atoms with Crippen LogP contribution in [-0.2, 0) is 25.5 Å². The Bertz CT molecular complexity index is 1540. The average Bonchev–Trinajstić information content (AvgIpc) is 3.24. The first-order chi connectivity index (χ1) is 16.7. The minimum atomic E-state index is -1.55. The summed E-state index contributed by atoms with van der Waals surface area (Å²) in [6.07, 6.45) is -0.395. The van der Waals surface area contributed by atoms with Crippen LogP contribution in [0.3, 0.4) is 0 Å². The predicted octanol–water partition coefficient (Wildman–Crippen LogP) is 2.70. The number of H-pyrrole nitrogens is 1. The van der Waals surface area contributed by atoms with Crippen LogP contribution in [0.25, 0.3) is 21.3 Å². The standard InChI is InChI=1S/C24H22N4O6S/c1-11-7-16-17(8-12(11)2)26-21(30)18(25-16)10-14(23(32)34-4)20(29)22(31)28-24-27-15-6-5-13(33-3)9-19(15)35-24/h5-9,14H,10H2,1-4H3,(H,26,30)(H,27,28,31)/t14-/m0/s1. The fourth-order valence-corrected chi connectivity index (χ4v) is 4.43. The molecule has 0 radical (unpaired) electrons. The third-order valence-electron chi connectivity index (χ3n) is 5.62. The average molecular weight is 495 g/mol. The third-order valence-corrected chi connectivity index (χ3v) is 6.55. The van der Waals surface area contributed by atoms with Gasteiger partial charge in [-0.1, -0.05) is 11.3 Å². The fourth-order valence-electron chi connectivity index (χ4n) is 3.54. The van der Waals surface area contributed by atoms with Crippen LogP contribution in [0.1, 0.15) is 16.8 Å². The molecule has 0 saturated carbocycles. The quantitative estimate of drug-likeness (QED) is 0.227. The molecule has 2 N–H and O–H groups in total. The van der Waals surface area contributed by atoms with E-state index in [0.29, 0.717) is 22.3 Å². The minimum absolute atomic E-state index is 0.0515. The number of carbonyl (C=O) groups excluding carboxylic acids is 3. The number of ketones is 1. The SMILES string of the molecule is COC(=O)[C@@H](Cc1nc2cc(C)c(C)cc2[nH]c1=O)C(=O)C(=O)Nc1nc2ccc(OC)cc2s1. The number of Topliss-reactive ketones (excluding diaryl/α,β-unsaturated/α-hetero) is 1. The van der Waals surface area contributed by atoms with Crippen molar-refractivity contribution in [1.29, 1.82) is 0 Å². The number of aryl methyl sites for hydroxylation is 2. The Morgan fingerprint density at radius 2 is 1.80 bits per heavy atom. The van der Waals surface area contributed by atoms with Gasteiger partial charge >= 0.3 is 5.97 Å². The van der Waals surface area contributed by atoms with Crippen LogP contribution in [0.2, 0.25) is 0 Å². The number of nitrogens with zero attached hydrogens (tertiary/aromatic N) is 2. The maximum absolute atomic E-state index is 12.9. The number of aromatic amines is 1. The molecule has 0 saturated heterocycles. The van der Waals surface area contributed by atoms with Gasteiger partial charge in [0.1, 0.15) is 17.4 Å². The van der Waals surface area contributed by atoms with Crippen LogP contribution in [0.15, 0.2) is 35.1 Å². The number of aromatic nitrogens is 3. The van der Waals surface area contributed by atoms with Crippen LogP contribution in [0, 0.1) is 19.8 Å². The molecule has 0 spiro atoms. The highest BCUT2D eigenvalue weighted by Crippen LogP contribution is 2.29. The van der Waals surface area contributed by atoms with Crippen LogP contribution >= 0.6 is 11.3 Å². The summed E-state index contributed by atoms with van der Waals surface area (Å²) in [5, 5.41) is 2.62. The van der Waals surface area contributed by atoms with Gasteiger partial charge in [-0.05, 0) is 55.3 Å². The summed E-state index contributed by atoms with van der Waals surface area (Å²) >= 11 is 1.15. The first kappa shape index (κ1) is 24.0. The highest BCUT2D eigenvalue weighted by Gasteiger charge is 2.34. The molecule has 2 aromatic carbocycles. The van der Waals surface area contributed by atoms with Crippen molar-refractivity contribution >= 4 is 55.4 Å². The van der Waals surface area contributed by atoms with Crippen LogP contribution in [0.5, 0.6) is 5.75 Å². The van der Waals surface area contributed by atoms with Crippen molar-refractivity contribution in [3.63, 3.8) is 0 Å². The predicted molar refractivity (Wildman–Crippen MR) is 131 cm³/mol. The fraction of sp³-hybridized carbons (Fsp3) is 0.250. The number of hydrogen-bond acceptors (Lipinski definition) is 9. The smallest absolute Gasteiger partial charge is 0.317 e. The second-order valence-corrected chi connectivity index (χ2v) is 8.95. The molecule has 1 atom stereocenters. The van der Waals surface area contributed by atoms with Crippen LogP contribution < -0.4 is 15.6 Å². The minimum Gasteiger partial charge on any atom is -0.497 e. The highest BCUT2D eigenvalue weighted by molar-refractivity contribution is 7.22. The van der Waals surface area contributed by atoms with Gasteiger partial charge in [0.2, 0.25) is 5.78 Å². The van der Waals surface area contributed by atoms with Crippen molar-refractivity contribution < 1.29 is 23.9 Å². The summed E-state index contributed by atoms with van der Waals surface area (Å²) in [5.41, 5.74) is 3.00. The van der Waals surface area contributed by atoms with E-state index in [1.807, 2.05) is 13.8 Å². The molecule has 180 valence electrons. The molecule has 0 aliphatic carbocycles. The van der Waals surface area contributed by atoms with Crippen molar-refractivity contribution in [3.05, 3.63) is 57.5 Å². The maximum atomic E-state index is 12.9. The first-order valence-electron chi connectivity index (χ1n) is 10.6. The van der Waals surface area contributed by atoms with Gasteiger partial charge in [-0.25, -0.2) is 9.97 Å². The summed E-state index contributed by atoms with van der Waals surface area (Å²) in [7, 11) is 2.64. The summed E-state index contributed by atoms with van der Waals surface area (Å²) in [5.74, 6) is -3.97. The number of hydrogen-bond donors (Lipinski definition) is 2. The summed E-state index contributed by atoms with van der Waals surface area (Å²) in [6, 6.07) is 8.80. The Balaban J connectivity index is 1.59. The van der Waals surface area contributed by atoms with Crippen LogP contribution in [-0.4, -0.2) is 46.8 Å². The number of anilines is 1. The number of methoxy groups -OCH3 is 2. The third kappa shape index (κ3) is 4.90. The molecule has 35 heavy (non-hydrogen) atoms. The second kappa shape index (κ2) is 9.63. The van der Waals surface area contributed by atoms with E-state index in [2.05, 4.69) is 20.3 Å². The number of thiazole rings is 1. The molecule has 0 unspecified atom stereocenters. The van der Waals surface area contributed by atoms with Gasteiger partial charge < -0.3 is 14.5 Å². The van der Waals surface area contributed by atoms with Gasteiger partial charge in [-0.3, -0.25) is 24.5 Å². The lowest BCUT2D eigenvalue weighted by molar-refractivity contribution is -0.152. The Morgan fingerprint density at radius 1 is 1.06 bits per heavy atom. The molecule has 4 rings (SSSR count). The zero-order chi connectivity index (χ0) is 25.3. The molecule has 10 nitrogen and oxygen atoms in total. The lowest BCUT2D eigenvalue weighted by atomic mass is 9.97. The van der Waals surface area contributed by atoms with E-state index >= 15 is 0 Å². The van der Waals surface area contributed by atoms with Crippen LogP contribution in [0.4, 0.5) is 5.13 Å². The zero-order valence-corrected chi connectivity index (χ0v) is 20.2. The number of benzene rings is 2. The molecule has 2 aromatic heterocycles.